The van der Waals surface area contributed by atoms with Gasteiger partial charge in [0.05, 0.1) is 6.10 Å². The molecule has 3 N–H and O–H groups in total. The van der Waals surface area contributed by atoms with Crippen molar-refractivity contribution in [1.82, 2.24) is 5.32 Å². The molecule has 0 saturated carbocycles. The van der Waals surface area contributed by atoms with E-state index in [9.17, 15) is 9.90 Å². The van der Waals surface area contributed by atoms with E-state index < -0.39 is 6.10 Å². The van der Waals surface area contributed by atoms with E-state index >= 15 is 0 Å². The zero-order chi connectivity index (χ0) is 12.6. The highest BCUT2D eigenvalue weighted by atomic mass is 16.3. The Morgan fingerprint density at radius 1 is 1.31 bits per heavy atom. The topological polar surface area (TPSA) is 69.6 Å². The van der Waals surface area contributed by atoms with Crippen LogP contribution in [0.25, 0.3) is 0 Å². The number of rotatable bonds is 7. The zero-order valence-electron chi connectivity index (χ0n) is 10.6. The van der Waals surface area contributed by atoms with Crippen LogP contribution in [0.2, 0.25) is 0 Å². The molecule has 1 atom stereocenters. The highest BCUT2D eigenvalue weighted by molar-refractivity contribution is 5.75. The van der Waals surface area contributed by atoms with Crippen LogP contribution in [0, 0.1) is 5.41 Å². The molecule has 0 fully saturated rings. The predicted molar refractivity (Wildman–Crippen MR) is 64.0 cm³/mol. The standard InChI is InChI=1S/C12H25NO3/c1-12(2,3)8-10(15)9-13-11(16)6-4-5-7-14/h10,14-15H,4-9H2,1-3H3,(H,13,16). The van der Waals surface area contributed by atoms with E-state index in [1.165, 1.54) is 0 Å². The van der Waals surface area contributed by atoms with Gasteiger partial charge < -0.3 is 15.5 Å². The van der Waals surface area contributed by atoms with Gasteiger partial charge in [-0.05, 0) is 24.7 Å². The summed E-state index contributed by atoms with van der Waals surface area (Å²) in [6, 6.07) is 0. The molecule has 0 aliphatic rings. The molecular formula is C12H25NO3. The Bertz CT molecular complexity index is 199. The summed E-state index contributed by atoms with van der Waals surface area (Å²) in [4.78, 5) is 11.3. The van der Waals surface area contributed by atoms with Crippen LogP contribution in [-0.2, 0) is 4.79 Å². The van der Waals surface area contributed by atoms with Gasteiger partial charge in [-0.15, -0.1) is 0 Å². The molecule has 1 amide bonds. The highest BCUT2D eigenvalue weighted by Gasteiger charge is 2.16. The largest absolute Gasteiger partial charge is 0.396 e. The number of aliphatic hydroxyl groups is 2. The number of hydrogen-bond donors (Lipinski definition) is 3. The Hall–Kier alpha value is -0.610. The van der Waals surface area contributed by atoms with Crippen LogP contribution >= 0.6 is 0 Å². The van der Waals surface area contributed by atoms with Crippen molar-refractivity contribution in [2.24, 2.45) is 5.41 Å². The van der Waals surface area contributed by atoms with Gasteiger partial charge in [-0.2, -0.15) is 0 Å². The number of unbranched alkanes of at least 4 members (excludes halogenated alkanes) is 1. The molecule has 1 unspecified atom stereocenters. The molecule has 4 nitrogen and oxygen atoms in total. The molecule has 0 bridgehead atoms. The van der Waals surface area contributed by atoms with Crippen molar-refractivity contribution in [3.05, 3.63) is 0 Å². The molecule has 0 spiro atoms. The minimum atomic E-state index is -0.484. The van der Waals surface area contributed by atoms with Crippen LogP contribution in [0.4, 0.5) is 0 Å². The monoisotopic (exact) mass is 231 g/mol. The van der Waals surface area contributed by atoms with Crippen molar-refractivity contribution >= 4 is 5.91 Å². The Morgan fingerprint density at radius 3 is 2.44 bits per heavy atom. The summed E-state index contributed by atoms with van der Waals surface area (Å²) in [5.41, 5.74) is 0.0705. The lowest BCUT2D eigenvalue weighted by Gasteiger charge is -2.22. The lowest BCUT2D eigenvalue weighted by Crippen LogP contribution is -2.34. The molecule has 0 aliphatic carbocycles. The third-order valence-corrected chi connectivity index (χ3v) is 2.19. The lowest BCUT2D eigenvalue weighted by atomic mass is 9.89. The summed E-state index contributed by atoms with van der Waals surface area (Å²) in [6.45, 7) is 6.60. The lowest BCUT2D eigenvalue weighted by molar-refractivity contribution is -0.121. The SMILES string of the molecule is CC(C)(C)CC(O)CNC(=O)CCCCO. The van der Waals surface area contributed by atoms with E-state index in [-0.39, 0.29) is 17.9 Å². The first-order valence-corrected chi connectivity index (χ1v) is 5.91. The van der Waals surface area contributed by atoms with Gasteiger partial charge in [0.25, 0.3) is 0 Å². The number of nitrogens with one attached hydrogen (secondary N) is 1. The first kappa shape index (κ1) is 15.4. The summed E-state index contributed by atoms with van der Waals surface area (Å²) in [7, 11) is 0. The Balaban J connectivity index is 3.59. The van der Waals surface area contributed by atoms with Crippen molar-refractivity contribution < 1.29 is 15.0 Å². The molecule has 0 rings (SSSR count). The zero-order valence-corrected chi connectivity index (χ0v) is 10.6. The number of carbonyl (C=O) groups is 1. The number of hydrogen-bond acceptors (Lipinski definition) is 3. The van der Waals surface area contributed by atoms with E-state index in [2.05, 4.69) is 26.1 Å². The summed E-state index contributed by atoms with van der Waals surface area (Å²) >= 11 is 0. The molecule has 0 radical (unpaired) electrons. The fraction of sp³-hybridized carbons (Fsp3) is 0.917. The maximum Gasteiger partial charge on any atom is 0.220 e. The minimum absolute atomic E-state index is 0.0543. The number of carbonyl (C=O) groups excluding carboxylic acids is 1. The predicted octanol–water partition coefficient (Wildman–Crippen LogP) is 1.06. The van der Waals surface area contributed by atoms with Gasteiger partial charge in [0, 0.05) is 19.6 Å². The Kier molecular flexibility index (Phi) is 7.34. The summed E-state index contributed by atoms with van der Waals surface area (Å²) in [6.07, 6.45) is 1.95. The average Bonchev–Trinajstić information content (AvgIpc) is 2.12. The van der Waals surface area contributed by atoms with Crippen LogP contribution in [0.15, 0.2) is 0 Å². The van der Waals surface area contributed by atoms with Crippen molar-refractivity contribution in [2.75, 3.05) is 13.2 Å². The second-order valence-corrected chi connectivity index (χ2v) is 5.40. The second-order valence-electron chi connectivity index (χ2n) is 5.40. The number of aliphatic hydroxyl groups excluding tert-OH is 2. The fourth-order valence-electron chi connectivity index (χ4n) is 1.50. The van der Waals surface area contributed by atoms with Crippen LogP contribution in [0.5, 0.6) is 0 Å². The van der Waals surface area contributed by atoms with Crippen LogP contribution in [0.1, 0.15) is 46.5 Å². The molecule has 0 saturated heterocycles. The van der Waals surface area contributed by atoms with Crippen molar-refractivity contribution in [1.29, 1.82) is 0 Å². The van der Waals surface area contributed by atoms with Gasteiger partial charge in [-0.25, -0.2) is 0 Å². The van der Waals surface area contributed by atoms with Crippen molar-refractivity contribution in [2.45, 2.75) is 52.6 Å². The normalized spacial score (nSPS) is 13.6. The molecule has 0 heterocycles. The number of amides is 1. The van der Waals surface area contributed by atoms with Crippen LogP contribution < -0.4 is 5.32 Å². The second kappa shape index (κ2) is 7.63. The molecule has 96 valence electrons. The first-order valence-electron chi connectivity index (χ1n) is 5.91. The van der Waals surface area contributed by atoms with Gasteiger partial charge in [0.1, 0.15) is 0 Å². The van der Waals surface area contributed by atoms with Crippen LogP contribution in [-0.4, -0.2) is 35.4 Å². The van der Waals surface area contributed by atoms with Gasteiger partial charge in [-0.1, -0.05) is 20.8 Å². The van der Waals surface area contributed by atoms with Gasteiger partial charge >= 0.3 is 0 Å². The maximum absolute atomic E-state index is 11.3. The maximum atomic E-state index is 11.3. The smallest absolute Gasteiger partial charge is 0.220 e. The summed E-state index contributed by atoms with van der Waals surface area (Å²) in [5, 5.41) is 20.9. The highest BCUT2D eigenvalue weighted by Crippen LogP contribution is 2.20. The van der Waals surface area contributed by atoms with Crippen molar-refractivity contribution in [3.63, 3.8) is 0 Å². The van der Waals surface area contributed by atoms with E-state index in [0.29, 0.717) is 32.2 Å². The van der Waals surface area contributed by atoms with Gasteiger partial charge in [0.2, 0.25) is 5.91 Å². The van der Waals surface area contributed by atoms with E-state index in [0.717, 1.165) is 0 Å². The van der Waals surface area contributed by atoms with E-state index in [4.69, 9.17) is 5.11 Å². The molecule has 0 aromatic rings. The molecule has 16 heavy (non-hydrogen) atoms. The molecule has 0 aliphatic heterocycles. The average molecular weight is 231 g/mol. The fourth-order valence-corrected chi connectivity index (χ4v) is 1.50. The van der Waals surface area contributed by atoms with Crippen molar-refractivity contribution in [3.8, 4) is 0 Å². The van der Waals surface area contributed by atoms with E-state index in [1.54, 1.807) is 0 Å². The summed E-state index contributed by atoms with van der Waals surface area (Å²) < 4.78 is 0. The quantitative estimate of drug-likeness (QED) is 0.574. The summed E-state index contributed by atoms with van der Waals surface area (Å²) in [5.74, 6) is -0.0543. The van der Waals surface area contributed by atoms with Crippen LogP contribution in [0.3, 0.4) is 0 Å². The van der Waals surface area contributed by atoms with E-state index in [1.807, 2.05) is 0 Å². The first-order chi connectivity index (χ1) is 7.35. The Morgan fingerprint density at radius 2 is 1.94 bits per heavy atom. The third-order valence-electron chi connectivity index (χ3n) is 2.19. The van der Waals surface area contributed by atoms with Gasteiger partial charge in [-0.3, -0.25) is 4.79 Å². The Labute approximate surface area is 98.1 Å². The molecule has 4 heteroatoms. The molecule has 0 aromatic heterocycles. The minimum Gasteiger partial charge on any atom is -0.396 e. The molecular weight excluding hydrogens is 206 g/mol. The van der Waals surface area contributed by atoms with Gasteiger partial charge in [0.15, 0.2) is 0 Å². The third kappa shape index (κ3) is 9.93. The molecule has 0 aromatic carbocycles.